The van der Waals surface area contributed by atoms with Crippen molar-refractivity contribution in [3.63, 3.8) is 0 Å². The van der Waals surface area contributed by atoms with Crippen molar-refractivity contribution < 1.29 is 0 Å². The zero-order valence-corrected chi connectivity index (χ0v) is 38.7. The highest BCUT2D eigenvalue weighted by molar-refractivity contribution is 6.33. The molecule has 16 rings (SSSR count). The van der Waals surface area contributed by atoms with Crippen LogP contribution >= 0.6 is 0 Å². The van der Waals surface area contributed by atoms with Gasteiger partial charge in [-0.05, 0) is 190 Å². The Labute approximate surface area is 411 Å². The van der Waals surface area contributed by atoms with E-state index in [0.29, 0.717) is 0 Å². The summed E-state index contributed by atoms with van der Waals surface area (Å²) >= 11 is 0. The molecule has 0 unspecified atom stereocenters. The quantitative estimate of drug-likeness (QED) is 0.154. The van der Waals surface area contributed by atoms with Gasteiger partial charge in [0, 0.05) is 0 Å². The average Bonchev–Trinajstić information content (AvgIpc) is 3.92. The maximum atomic E-state index is 2.52. The molecule has 0 bridgehead atoms. The molecule has 0 atom stereocenters. The van der Waals surface area contributed by atoms with E-state index in [4.69, 9.17) is 0 Å². The summed E-state index contributed by atoms with van der Waals surface area (Å²) in [5.74, 6) is 0. The van der Waals surface area contributed by atoms with Crippen molar-refractivity contribution in [2.45, 2.75) is 5.41 Å². The largest absolute Gasteiger partial charge is 0.0731 e. The van der Waals surface area contributed by atoms with E-state index in [-0.39, 0.29) is 0 Å². The summed E-state index contributed by atoms with van der Waals surface area (Å²) in [5, 5.41) is 15.5. The van der Waals surface area contributed by atoms with Gasteiger partial charge in [-0.25, -0.2) is 0 Å². The molecule has 71 heavy (non-hydrogen) atoms. The van der Waals surface area contributed by atoms with Gasteiger partial charge < -0.3 is 0 Å². The number of rotatable bonds is 4. The molecule has 14 aromatic carbocycles. The van der Waals surface area contributed by atoms with Gasteiger partial charge in [0.15, 0.2) is 0 Å². The van der Waals surface area contributed by atoms with Crippen molar-refractivity contribution in [3.05, 3.63) is 277 Å². The van der Waals surface area contributed by atoms with Crippen molar-refractivity contribution in [3.8, 4) is 66.8 Å². The molecule has 0 aliphatic heterocycles. The van der Waals surface area contributed by atoms with Crippen LogP contribution in [0.15, 0.2) is 255 Å². The molecular weight excluding hydrogens is 853 g/mol. The molecule has 14 aromatic rings. The maximum Gasteiger partial charge on any atom is 0.0731 e. The van der Waals surface area contributed by atoms with E-state index in [9.17, 15) is 0 Å². The lowest BCUT2D eigenvalue weighted by Gasteiger charge is -2.32. The first kappa shape index (κ1) is 38.8. The van der Waals surface area contributed by atoms with E-state index >= 15 is 0 Å². The first-order valence-electron chi connectivity index (χ1n) is 24.9. The molecule has 0 saturated carbocycles. The zero-order valence-electron chi connectivity index (χ0n) is 38.7. The zero-order chi connectivity index (χ0) is 46.4. The highest BCUT2D eigenvalue weighted by Gasteiger charge is 2.53. The summed E-state index contributed by atoms with van der Waals surface area (Å²) < 4.78 is 0. The lowest BCUT2D eigenvalue weighted by molar-refractivity contribution is 0.802. The summed E-state index contributed by atoms with van der Waals surface area (Å²) in [5.41, 5.74) is 20.2. The molecule has 0 amide bonds. The molecule has 0 saturated heterocycles. The Morgan fingerprint density at radius 3 is 1.28 bits per heavy atom. The van der Waals surface area contributed by atoms with Crippen LogP contribution in [0, 0.1) is 0 Å². The van der Waals surface area contributed by atoms with E-state index in [2.05, 4.69) is 255 Å². The molecule has 0 heterocycles. The van der Waals surface area contributed by atoms with Gasteiger partial charge in [0.2, 0.25) is 0 Å². The summed E-state index contributed by atoms with van der Waals surface area (Å²) in [6.07, 6.45) is 0. The van der Waals surface area contributed by atoms with Crippen molar-refractivity contribution >= 4 is 64.6 Å². The normalized spacial score (nSPS) is 13.2. The highest BCUT2D eigenvalue weighted by Crippen LogP contribution is 2.66. The Morgan fingerprint density at radius 1 is 0.211 bits per heavy atom. The van der Waals surface area contributed by atoms with Crippen LogP contribution in [-0.2, 0) is 5.41 Å². The Kier molecular flexibility index (Phi) is 7.91. The van der Waals surface area contributed by atoms with Gasteiger partial charge >= 0.3 is 0 Å². The molecular formula is C71H42. The van der Waals surface area contributed by atoms with Crippen LogP contribution in [0.2, 0.25) is 0 Å². The first-order chi connectivity index (χ1) is 35.2. The van der Waals surface area contributed by atoms with E-state index in [1.807, 2.05) is 0 Å². The summed E-state index contributed by atoms with van der Waals surface area (Å²) in [6.45, 7) is 0. The van der Waals surface area contributed by atoms with Crippen LogP contribution in [-0.4, -0.2) is 0 Å². The third-order valence-electron chi connectivity index (χ3n) is 16.3. The van der Waals surface area contributed by atoms with Crippen molar-refractivity contribution in [2.24, 2.45) is 0 Å². The SMILES string of the molecule is c1ccc(-c2cc(-c3ccccc3)cc(-c3cc4c5ccccc5c(-c5cc6cccc7c8c(c9cccc5c9c67)C5(c6ccccc6-c6ccccc65)c5ccccc5-8)cc4c4ccccc34)c2)cc1. The first-order valence-corrected chi connectivity index (χ1v) is 24.9. The number of hydrogen-bond donors (Lipinski definition) is 0. The molecule has 0 aromatic heterocycles. The number of hydrogen-bond acceptors (Lipinski definition) is 0. The fourth-order valence-electron chi connectivity index (χ4n) is 13.6. The predicted molar refractivity (Wildman–Crippen MR) is 301 cm³/mol. The highest BCUT2D eigenvalue weighted by atomic mass is 14.5. The van der Waals surface area contributed by atoms with E-state index in [0.717, 1.165) is 0 Å². The third-order valence-corrected chi connectivity index (χ3v) is 16.3. The second-order valence-electron chi connectivity index (χ2n) is 19.8. The van der Waals surface area contributed by atoms with Gasteiger partial charge in [-0.1, -0.05) is 218 Å². The monoisotopic (exact) mass is 894 g/mol. The molecule has 0 nitrogen and oxygen atoms in total. The summed E-state index contributed by atoms with van der Waals surface area (Å²) in [6, 6.07) is 96.2. The summed E-state index contributed by atoms with van der Waals surface area (Å²) in [4.78, 5) is 0. The molecule has 326 valence electrons. The fourth-order valence-corrected chi connectivity index (χ4v) is 13.6. The number of fused-ring (bicyclic) bond motifs is 17. The average molecular weight is 895 g/mol. The van der Waals surface area contributed by atoms with Gasteiger partial charge in [0.1, 0.15) is 0 Å². The minimum absolute atomic E-state index is 0.460. The fraction of sp³-hybridized carbons (Fsp3) is 0.0141. The lowest BCUT2D eigenvalue weighted by Crippen LogP contribution is -2.26. The second-order valence-corrected chi connectivity index (χ2v) is 19.8. The topological polar surface area (TPSA) is 0 Å². The van der Waals surface area contributed by atoms with Crippen LogP contribution in [0.1, 0.15) is 22.3 Å². The van der Waals surface area contributed by atoms with Crippen molar-refractivity contribution in [1.82, 2.24) is 0 Å². The van der Waals surface area contributed by atoms with Gasteiger partial charge in [-0.3, -0.25) is 0 Å². The molecule has 2 aliphatic rings. The third kappa shape index (κ3) is 5.18. The van der Waals surface area contributed by atoms with Crippen LogP contribution in [0.3, 0.4) is 0 Å². The molecule has 0 radical (unpaired) electrons. The van der Waals surface area contributed by atoms with Crippen LogP contribution in [0.25, 0.3) is 131 Å². The Balaban J connectivity index is 0.994. The van der Waals surface area contributed by atoms with E-state index in [1.54, 1.807) is 0 Å². The van der Waals surface area contributed by atoms with Gasteiger partial charge in [0.25, 0.3) is 0 Å². The van der Waals surface area contributed by atoms with Gasteiger partial charge in [-0.2, -0.15) is 0 Å². The van der Waals surface area contributed by atoms with E-state index < -0.39 is 5.41 Å². The molecule has 0 fully saturated rings. The minimum atomic E-state index is -0.460. The molecule has 0 N–H and O–H groups in total. The van der Waals surface area contributed by atoms with Gasteiger partial charge in [-0.15, -0.1) is 0 Å². The molecule has 0 heteroatoms. The number of benzene rings is 14. The molecule has 1 spiro atoms. The lowest BCUT2D eigenvalue weighted by atomic mass is 9.68. The smallest absolute Gasteiger partial charge is 0.0622 e. The van der Waals surface area contributed by atoms with E-state index in [1.165, 1.54) is 154 Å². The second kappa shape index (κ2) is 14.5. The Morgan fingerprint density at radius 2 is 0.648 bits per heavy atom. The van der Waals surface area contributed by atoms with Crippen LogP contribution < -0.4 is 0 Å². The Bertz CT molecular complexity index is 4450. The standard InChI is InChI=1S/C71H42/c1-3-19-43(20-4-1)46-37-47(44-21-5-2-6-22-44)39-48(38-46)59-41-61-51-26-9-10-27-52(51)62(42-63(61)50-25-8-7-24-49(50)59)60-40-45-23-17-32-57-67(45)68-55(60)31-18-33-58(68)70-69(57)56-30-13-16-36-66(56)71(70)64-34-14-11-28-53(64)54-29-12-15-35-65(54)71/h1-42H. The van der Waals surface area contributed by atoms with Crippen molar-refractivity contribution in [1.29, 1.82) is 0 Å². The minimum Gasteiger partial charge on any atom is -0.0622 e. The predicted octanol–water partition coefficient (Wildman–Crippen LogP) is 19.1. The van der Waals surface area contributed by atoms with Crippen molar-refractivity contribution in [2.75, 3.05) is 0 Å². The van der Waals surface area contributed by atoms with Crippen LogP contribution in [0.5, 0.6) is 0 Å². The molecule has 2 aliphatic carbocycles. The van der Waals surface area contributed by atoms with Crippen LogP contribution in [0.4, 0.5) is 0 Å². The summed E-state index contributed by atoms with van der Waals surface area (Å²) in [7, 11) is 0. The maximum absolute atomic E-state index is 2.52. The Hall–Kier alpha value is -9.10. The van der Waals surface area contributed by atoms with Gasteiger partial charge in [0.05, 0.1) is 5.41 Å².